The molecule has 0 aliphatic heterocycles. The number of benzene rings is 2. The number of rotatable bonds is 10. The van der Waals surface area contributed by atoms with Gasteiger partial charge in [0.25, 0.3) is 0 Å². The van der Waals surface area contributed by atoms with E-state index in [-0.39, 0.29) is 30.2 Å². The summed E-state index contributed by atoms with van der Waals surface area (Å²) in [5.74, 6) is -1.71. The molecule has 0 saturated carbocycles. The van der Waals surface area contributed by atoms with Crippen LogP contribution in [0.15, 0.2) is 48.9 Å². The van der Waals surface area contributed by atoms with Gasteiger partial charge in [0, 0.05) is 24.8 Å². The zero-order valence-corrected chi connectivity index (χ0v) is 22.4. The van der Waals surface area contributed by atoms with E-state index in [4.69, 9.17) is 0 Å². The second kappa shape index (κ2) is 12.0. The van der Waals surface area contributed by atoms with Crippen molar-refractivity contribution in [3.63, 3.8) is 0 Å². The Morgan fingerprint density at radius 3 is 2.59 bits per heavy atom. The summed E-state index contributed by atoms with van der Waals surface area (Å²) < 4.78 is 42.6. The third-order valence-corrected chi connectivity index (χ3v) is 7.20. The van der Waals surface area contributed by atoms with Gasteiger partial charge in [0.15, 0.2) is 5.82 Å². The highest BCUT2D eigenvalue weighted by atomic mass is 19.1. The predicted octanol–water partition coefficient (Wildman–Crippen LogP) is 4.61. The Bertz CT molecular complexity index is 1320. The van der Waals surface area contributed by atoms with Gasteiger partial charge in [-0.1, -0.05) is 25.5 Å². The number of halogens is 3. The molecule has 7 nitrogen and oxygen atoms in total. The summed E-state index contributed by atoms with van der Waals surface area (Å²) in [5.41, 5.74) is 0.937. The van der Waals surface area contributed by atoms with Gasteiger partial charge in [-0.05, 0) is 74.4 Å². The van der Waals surface area contributed by atoms with E-state index in [1.807, 2.05) is 6.92 Å². The van der Waals surface area contributed by atoms with E-state index in [0.717, 1.165) is 18.1 Å². The summed E-state index contributed by atoms with van der Waals surface area (Å²) in [6.45, 7) is 5.68. The highest BCUT2D eigenvalue weighted by Gasteiger charge is 2.31. The van der Waals surface area contributed by atoms with Crippen LogP contribution >= 0.6 is 0 Å². The maximum absolute atomic E-state index is 14.3. The van der Waals surface area contributed by atoms with Gasteiger partial charge < -0.3 is 20.5 Å². The molecular formula is C29H34F3N5O2. The topological polar surface area (TPSA) is 88.0 Å². The van der Waals surface area contributed by atoms with Gasteiger partial charge in [0.1, 0.15) is 23.0 Å². The number of hydrogen-bond donors (Lipinski definition) is 3. The first-order valence-corrected chi connectivity index (χ1v) is 13.2. The number of nitrogens with zero attached hydrogens (tertiary/aromatic N) is 2. The molecule has 1 aromatic heterocycles. The molecule has 3 N–H and O–H groups in total. The largest absolute Gasteiger partial charge is 0.350 e. The van der Waals surface area contributed by atoms with Crippen LogP contribution in [0.2, 0.25) is 0 Å². The summed E-state index contributed by atoms with van der Waals surface area (Å²) in [6, 6.07) is 7.52. The first kappa shape index (κ1) is 28.4. The van der Waals surface area contributed by atoms with E-state index in [9.17, 15) is 22.8 Å². The van der Waals surface area contributed by atoms with Crippen LogP contribution in [0.4, 0.5) is 19.0 Å². The normalized spacial score (nSPS) is 15.9. The summed E-state index contributed by atoms with van der Waals surface area (Å²) in [6.07, 6.45) is 5.98. The van der Waals surface area contributed by atoms with Crippen molar-refractivity contribution >= 4 is 17.6 Å². The molecule has 10 heteroatoms. The van der Waals surface area contributed by atoms with Crippen LogP contribution in [0.1, 0.15) is 56.7 Å². The number of anilines is 1. The number of aromatic nitrogens is 2. The van der Waals surface area contributed by atoms with Gasteiger partial charge in [-0.2, -0.15) is 0 Å². The number of hydrogen-bond acceptors (Lipinski definition) is 4. The van der Waals surface area contributed by atoms with Crippen LogP contribution in [-0.4, -0.2) is 33.4 Å². The van der Waals surface area contributed by atoms with Gasteiger partial charge in [0.05, 0.1) is 12.4 Å². The van der Waals surface area contributed by atoms with Crippen molar-refractivity contribution in [2.24, 2.45) is 0 Å². The number of carbonyl (C=O) groups is 2. The molecule has 2 aromatic carbocycles. The Morgan fingerprint density at radius 1 is 1.13 bits per heavy atom. The van der Waals surface area contributed by atoms with E-state index in [2.05, 4.69) is 20.9 Å². The highest BCUT2D eigenvalue weighted by molar-refractivity contribution is 5.94. The average molecular weight is 542 g/mol. The lowest BCUT2D eigenvalue weighted by Gasteiger charge is -2.29. The molecule has 3 aromatic rings. The lowest BCUT2D eigenvalue weighted by atomic mass is 9.87. The van der Waals surface area contributed by atoms with Crippen LogP contribution in [0, 0.1) is 17.5 Å². The Balaban J connectivity index is 1.36. The molecule has 0 saturated heterocycles. The number of fused-ring (bicyclic) bond motifs is 1. The van der Waals surface area contributed by atoms with E-state index in [1.165, 1.54) is 24.5 Å². The van der Waals surface area contributed by atoms with Crippen LogP contribution in [0.3, 0.4) is 0 Å². The second-order valence-corrected chi connectivity index (χ2v) is 10.5. The molecule has 0 fully saturated rings. The smallest absolute Gasteiger partial charge is 0.245 e. The Morgan fingerprint density at radius 2 is 1.87 bits per heavy atom. The standard InChI is InChI=1S/C29H34F3N5O2/c1-4-5-25(35-22-11-8-19-12-21(31)13-24(32)23(19)14-22)27(38)36-26-16-37(17-34-26)29(2,3)28(39)33-15-18-6-9-20(30)10-7-18/h6-7,9-10,12-13,16-17,22,25,35H,4-5,8,11,14-15H2,1-3H3,(H,33,39)(H,36,38)/t22-,25-/m0/s1. The van der Waals surface area contributed by atoms with Gasteiger partial charge in [-0.25, -0.2) is 18.2 Å². The van der Waals surface area contributed by atoms with Crippen molar-refractivity contribution in [1.29, 1.82) is 0 Å². The van der Waals surface area contributed by atoms with Crippen LogP contribution in [0.5, 0.6) is 0 Å². The molecule has 0 bridgehead atoms. The van der Waals surface area contributed by atoms with Crippen molar-refractivity contribution in [2.45, 2.75) is 77.0 Å². The van der Waals surface area contributed by atoms with Gasteiger partial charge in [-0.15, -0.1) is 0 Å². The fraction of sp³-hybridized carbons (Fsp3) is 0.414. The third-order valence-electron chi connectivity index (χ3n) is 7.20. The molecular weight excluding hydrogens is 507 g/mol. The predicted molar refractivity (Wildman–Crippen MR) is 142 cm³/mol. The van der Waals surface area contributed by atoms with Crippen molar-refractivity contribution in [3.8, 4) is 0 Å². The molecule has 1 heterocycles. The average Bonchev–Trinajstić information content (AvgIpc) is 3.37. The molecule has 208 valence electrons. The molecule has 0 unspecified atom stereocenters. The number of aryl methyl sites for hydroxylation is 1. The molecule has 1 aliphatic carbocycles. The minimum Gasteiger partial charge on any atom is -0.350 e. The summed E-state index contributed by atoms with van der Waals surface area (Å²) in [4.78, 5) is 30.3. The summed E-state index contributed by atoms with van der Waals surface area (Å²) >= 11 is 0. The Hall–Kier alpha value is -3.66. The lowest BCUT2D eigenvalue weighted by Crippen LogP contribution is -2.48. The Labute approximate surface area is 226 Å². The quantitative estimate of drug-likeness (QED) is 0.350. The van der Waals surface area contributed by atoms with Crippen LogP contribution < -0.4 is 16.0 Å². The van der Waals surface area contributed by atoms with Crippen molar-refractivity contribution in [2.75, 3.05) is 5.32 Å². The van der Waals surface area contributed by atoms with Crippen molar-refractivity contribution in [3.05, 3.63) is 83.1 Å². The monoisotopic (exact) mass is 541 g/mol. The molecule has 0 spiro atoms. The van der Waals surface area contributed by atoms with Gasteiger partial charge in [0.2, 0.25) is 11.8 Å². The number of carbonyl (C=O) groups excluding carboxylic acids is 2. The molecule has 4 rings (SSSR count). The number of amides is 2. The Kier molecular flexibility index (Phi) is 8.74. The number of imidazole rings is 1. The summed E-state index contributed by atoms with van der Waals surface area (Å²) in [7, 11) is 0. The first-order chi connectivity index (χ1) is 18.6. The van der Waals surface area contributed by atoms with E-state index in [1.54, 1.807) is 36.7 Å². The van der Waals surface area contributed by atoms with E-state index < -0.39 is 23.2 Å². The second-order valence-electron chi connectivity index (χ2n) is 10.5. The SMILES string of the molecule is CCC[C@H](N[C@H]1CCc2cc(F)cc(F)c2C1)C(=O)Nc1cn(C(C)(C)C(=O)NCc2ccc(F)cc2)cn1. The minimum atomic E-state index is -1.00. The maximum Gasteiger partial charge on any atom is 0.245 e. The van der Waals surface area contributed by atoms with Gasteiger partial charge in [-0.3, -0.25) is 9.59 Å². The first-order valence-electron chi connectivity index (χ1n) is 13.2. The van der Waals surface area contributed by atoms with E-state index in [0.29, 0.717) is 42.6 Å². The van der Waals surface area contributed by atoms with E-state index >= 15 is 0 Å². The summed E-state index contributed by atoms with van der Waals surface area (Å²) in [5, 5.41) is 9.03. The van der Waals surface area contributed by atoms with Gasteiger partial charge >= 0.3 is 0 Å². The molecule has 2 atom stereocenters. The zero-order valence-electron chi connectivity index (χ0n) is 22.4. The zero-order chi connectivity index (χ0) is 28.2. The van der Waals surface area contributed by atoms with Crippen LogP contribution in [0.25, 0.3) is 0 Å². The third kappa shape index (κ3) is 6.86. The van der Waals surface area contributed by atoms with Crippen LogP contribution in [-0.2, 0) is 34.5 Å². The molecule has 2 amide bonds. The fourth-order valence-corrected chi connectivity index (χ4v) is 4.82. The molecule has 1 aliphatic rings. The number of nitrogens with one attached hydrogen (secondary N) is 3. The highest BCUT2D eigenvalue weighted by Crippen LogP contribution is 2.26. The maximum atomic E-state index is 14.3. The van der Waals surface area contributed by atoms with Crippen molar-refractivity contribution in [1.82, 2.24) is 20.2 Å². The molecule has 0 radical (unpaired) electrons. The molecule has 39 heavy (non-hydrogen) atoms. The lowest BCUT2D eigenvalue weighted by molar-refractivity contribution is -0.128. The minimum absolute atomic E-state index is 0.124. The fourth-order valence-electron chi connectivity index (χ4n) is 4.82. The van der Waals surface area contributed by atoms with Crippen molar-refractivity contribution < 1.29 is 22.8 Å².